The van der Waals surface area contributed by atoms with Gasteiger partial charge in [0.15, 0.2) is 0 Å². The first-order valence-corrected chi connectivity index (χ1v) is 5.41. The first kappa shape index (κ1) is 8.05. The van der Waals surface area contributed by atoms with E-state index in [9.17, 15) is 0 Å². The SMILES string of the molecule is C1=C2/CCc3ccc(cc32)CC/C=C/1. The number of allylic oxidation sites excluding steroid dienone is 4. The maximum absolute atomic E-state index is 2.39. The van der Waals surface area contributed by atoms with E-state index in [-0.39, 0.29) is 0 Å². The fraction of sp³-hybridized carbons (Fsp3) is 0.286. The van der Waals surface area contributed by atoms with Gasteiger partial charge < -0.3 is 0 Å². The maximum atomic E-state index is 2.39. The van der Waals surface area contributed by atoms with E-state index in [2.05, 4.69) is 36.4 Å². The van der Waals surface area contributed by atoms with Crippen molar-refractivity contribution in [1.29, 1.82) is 0 Å². The minimum atomic E-state index is 1.17. The van der Waals surface area contributed by atoms with Gasteiger partial charge in [0, 0.05) is 0 Å². The molecule has 14 heavy (non-hydrogen) atoms. The van der Waals surface area contributed by atoms with E-state index in [1.807, 2.05) is 0 Å². The van der Waals surface area contributed by atoms with E-state index in [4.69, 9.17) is 0 Å². The largest absolute Gasteiger partial charge is 0.0842 e. The summed E-state index contributed by atoms with van der Waals surface area (Å²) in [5.74, 6) is 0. The molecular formula is C14H14. The highest BCUT2D eigenvalue weighted by Crippen LogP contribution is 2.33. The van der Waals surface area contributed by atoms with Gasteiger partial charge in [-0.25, -0.2) is 0 Å². The van der Waals surface area contributed by atoms with Gasteiger partial charge in [-0.2, -0.15) is 0 Å². The molecular weight excluding hydrogens is 168 g/mol. The highest BCUT2D eigenvalue weighted by Gasteiger charge is 2.15. The summed E-state index contributed by atoms with van der Waals surface area (Å²) in [7, 11) is 0. The highest BCUT2D eigenvalue weighted by molar-refractivity contribution is 5.74. The van der Waals surface area contributed by atoms with Crippen molar-refractivity contribution in [3.8, 4) is 0 Å². The van der Waals surface area contributed by atoms with Crippen molar-refractivity contribution in [3.05, 3.63) is 53.1 Å². The molecule has 2 aliphatic rings. The van der Waals surface area contributed by atoms with Gasteiger partial charge in [-0.3, -0.25) is 0 Å². The van der Waals surface area contributed by atoms with Gasteiger partial charge in [-0.1, -0.05) is 36.4 Å². The minimum Gasteiger partial charge on any atom is -0.0842 e. The monoisotopic (exact) mass is 182 g/mol. The molecule has 0 heteroatoms. The van der Waals surface area contributed by atoms with E-state index in [0.717, 1.165) is 0 Å². The zero-order chi connectivity index (χ0) is 9.38. The molecule has 0 heterocycles. The van der Waals surface area contributed by atoms with Crippen LogP contribution in [0.1, 0.15) is 29.5 Å². The van der Waals surface area contributed by atoms with Gasteiger partial charge in [-0.05, 0) is 47.9 Å². The van der Waals surface area contributed by atoms with E-state index in [1.54, 1.807) is 0 Å². The second kappa shape index (κ2) is 3.13. The Labute approximate surface area is 85.0 Å². The van der Waals surface area contributed by atoms with Crippen LogP contribution in [0.2, 0.25) is 0 Å². The topological polar surface area (TPSA) is 0 Å². The molecule has 0 spiro atoms. The predicted molar refractivity (Wildman–Crippen MR) is 60.2 cm³/mol. The van der Waals surface area contributed by atoms with Gasteiger partial charge in [0.25, 0.3) is 0 Å². The average molecular weight is 182 g/mol. The Morgan fingerprint density at radius 1 is 1.00 bits per heavy atom. The summed E-state index contributed by atoms with van der Waals surface area (Å²) in [4.78, 5) is 0. The third-order valence-corrected chi connectivity index (χ3v) is 3.22. The molecule has 0 saturated heterocycles. The third kappa shape index (κ3) is 1.22. The molecule has 1 aromatic carbocycles. The van der Waals surface area contributed by atoms with Crippen molar-refractivity contribution in [2.24, 2.45) is 0 Å². The lowest BCUT2D eigenvalue weighted by molar-refractivity contribution is 0.997. The highest BCUT2D eigenvalue weighted by atomic mass is 14.2. The van der Waals surface area contributed by atoms with Crippen LogP contribution in [0.4, 0.5) is 0 Å². The quantitative estimate of drug-likeness (QED) is 0.576. The molecule has 0 N–H and O–H groups in total. The summed E-state index contributed by atoms with van der Waals surface area (Å²) >= 11 is 0. The Hall–Kier alpha value is -1.30. The minimum absolute atomic E-state index is 1.17. The number of fused-ring (bicyclic) bond motifs is 1. The summed E-state index contributed by atoms with van der Waals surface area (Å²) < 4.78 is 0. The first-order chi connectivity index (χ1) is 6.93. The standard InChI is InChI=1S/C14H14/c1-2-4-11-6-7-13-9-8-12(5-3-1)14(13)10-11/h1,3,5-7,10H,2,4,8-9H2/b3-1+,12-5-. The van der Waals surface area contributed by atoms with E-state index in [1.165, 1.54) is 47.9 Å². The van der Waals surface area contributed by atoms with Crippen LogP contribution in [-0.4, -0.2) is 0 Å². The van der Waals surface area contributed by atoms with Crippen molar-refractivity contribution in [2.75, 3.05) is 0 Å². The van der Waals surface area contributed by atoms with Gasteiger partial charge in [0.05, 0.1) is 0 Å². The number of rotatable bonds is 0. The Bertz CT molecular complexity index is 422. The van der Waals surface area contributed by atoms with Crippen molar-refractivity contribution in [3.63, 3.8) is 0 Å². The lowest BCUT2D eigenvalue weighted by Crippen LogP contribution is -1.87. The molecule has 0 saturated carbocycles. The Balaban J connectivity index is 2.21. The van der Waals surface area contributed by atoms with Crippen LogP contribution in [-0.2, 0) is 12.8 Å². The van der Waals surface area contributed by atoms with Crippen LogP contribution in [0.15, 0.2) is 36.4 Å². The van der Waals surface area contributed by atoms with Crippen LogP contribution < -0.4 is 0 Å². The summed E-state index contributed by atoms with van der Waals surface area (Å²) in [5.41, 5.74) is 6.06. The molecule has 1 aromatic rings. The molecule has 0 unspecified atom stereocenters. The maximum Gasteiger partial charge on any atom is -0.0189 e. The second-order valence-electron chi connectivity index (χ2n) is 4.15. The second-order valence-corrected chi connectivity index (χ2v) is 4.15. The summed E-state index contributed by atoms with van der Waals surface area (Å²) in [6.07, 6.45) is 11.6. The third-order valence-electron chi connectivity index (χ3n) is 3.22. The van der Waals surface area contributed by atoms with Crippen LogP contribution in [0, 0.1) is 0 Å². The zero-order valence-corrected chi connectivity index (χ0v) is 8.29. The Morgan fingerprint density at radius 2 is 2.00 bits per heavy atom. The van der Waals surface area contributed by atoms with Crippen LogP contribution in [0.25, 0.3) is 5.57 Å². The van der Waals surface area contributed by atoms with E-state index >= 15 is 0 Å². The fourth-order valence-corrected chi connectivity index (χ4v) is 2.40. The summed E-state index contributed by atoms with van der Waals surface area (Å²) in [6.45, 7) is 0. The van der Waals surface area contributed by atoms with Crippen molar-refractivity contribution in [2.45, 2.75) is 25.7 Å². The van der Waals surface area contributed by atoms with Gasteiger partial charge in [0.1, 0.15) is 0 Å². The summed E-state index contributed by atoms with van der Waals surface area (Å²) in [6, 6.07) is 7.00. The molecule has 2 aliphatic carbocycles. The van der Waals surface area contributed by atoms with Gasteiger partial charge in [-0.15, -0.1) is 0 Å². The number of hydrogen-bond donors (Lipinski definition) is 0. The lowest BCUT2D eigenvalue weighted by atomic mass is 10.0. The van der Waals surface area contributed by atoms with Crippen molar-refractivity contribution in [1.82, 2.24) is 0 Å². The molecule has 0 aromatic heterocycles. The van der Waals surface area contributed by atoms with Crippen molar-refractivity contribution < 1.29 is 0 Å². The number of benzene rings is 1. The van der Waals surface area contributed by atoms with Gasteiger partial charge >= 0.3 is 0 Å². The molecule has 0 atom stereocenters. The molecule has 0 radical (unpaired) electrons. The van der Waals surface area contributed by atoms with Gasteiger partial charge in [0.2, 0.25) is 0 Å². The average Bonchev–Trinajstić information content (AvgIpc) is 2.60. The Kier molecular flexibility index (Phi) is 1.80. The molecule has 0 aliphatic heterocycles. The number of aryl methyl sites for hydroxylation is 2. The van der Waals surface area contributed by atoms with E-state index in [0.29, 0.717) is 0 Å². The molecule has 3 rings (SSSR count). The molecule has 0 fully saturated rings. The van der Waals surface area contributed by atoms with Crippen LogP contribution >= 0.6 is 0 Å². The molecule has 0 amide bonds. The fourth-order valence-electron chi connectivity index (χ4n) is 2.40. The first-order valence-electron chi connectivity index (χ1n) is 5.41. The van der Waals surface area contributed by atoms with Crippen LogP contribution in [0.3, 0.4) is 0 Å². The lowest BCUT2D eigenvalue weighted by Gasteiger charge is -2.03. The normalized spacial score (nSPS) is 24.4. The Morgan fingerprint density at radius 3 is 3.00 bits per heavy atom. The van der Waals surface area contributed by atoms with Crippen molar-refractivity contribution >= 4 is 5.57 Å². The van der Waals surface area contributed by atoms with Crippen LogP contribution in [0.5, 0.6) is 0 Å². The predicted octanol–water partition coefficient (Wildman–Crippen LogP) is 3.52. The molecule has 2 bridgehead atoms. The zero-order valence-electron chi connectivity index (χ0n) is 8.29. The smallest absolute Gasteiger partial charge is 0.0189 e. The molecule has 70 valence electrons. The number of hydrogen-bond acceptors (Lipinski definition) is 0. The molecule has 0 nitrogen and oxygen atoms in total. The summed E-state index contributed by atoms with van der Waals surface area (Å²) in [5, 5.41) is 0. The van der Waals surface area contributed by atoms with E-state index < -0.39 is 0 Å².